The summed E-state index contributed by atoms with van der Waals surface area (Å²) in [7, 11) is 5.74. The molecule has 1 unspecified atom stereocenters. The molecule has 1 aliphatic rings. The van der Waals surface area contributed by atoms with E-state index in [0.29, 0.717) is 6.42 Å². The van der Waals surface area contributed by atoms with E-state index in [0.717, 1.165) is 6.54 Å². The lowest BCUT2D eigenvalue weighted by atomic mass is 9.95. The van der Waals surface area contributed by atoms with E-state index in [1.54, 1.807) is 0 Å². The SMILES string of the molecule is COC(=O)CC(C)NCC1(N(C)C)CCCC1. The largest absolute Gasteiger partial charge is 0.469 e. The van der Waals surface area contributed by atoms with Gasteiger partial charge in [0.15, 0.2) is 0 Å². The summed E-state index contributed by atoms with van der Waals surface area (Å²) < 4.78 is 4.68. The number of likely N-dealkylation sites (N-methyl/N-ethyl adjacent to an activating group) is 1. The second-order valence-electron chi connectivity index (χ2n) is 5.39. The van der Waals surface area contributed by atoms with Crippen LogP contribution in [0.2, 0.25) is 0 Å². The zero-order valence-electron chi connectivity index (χ0n) is 11.6. The van der Waals surface area contributed by atoms with Gasteiger partial charge in [-0.3, -0.25) is 4.79 Å². The molecule has 100 valence electrons. The van der Waals surface area contributed by atoms with Crippen molar-refractivity contribution in [1.29, 1.82) is 0 Å². The van der Waals surface area contributed by atoms with Gasteiger partial charge in [-0.2, -0.15) is 0 Å². The van der Waals surface area contributed by atoms with Crippen molar-refractivity contribution in [3.63, 3.8) is 0 Å². The third-order valence-corrected chi connectivity index (χ3v) is 3.96. The van der Waals surface area contributed by atoms with Crippen LogP contribution in [0.4, 0.5) is 0 Å². The number of carbonyl (C=O) groups is 1. The first-order valence-corrected chi connectivity index (χ1v) is 6.48. The number of hydrogen-bond donors (Lipinski definition) is 1. The predicted molar refractivity (Wildman–Crippen MR) is 69.0 cm³/mol. The first-order valence-electron chi connectivity index (χ1n) is 6.48. The van der Waals surface area contributed by atoms with Crippen molar-refractivity contribution in [2.24, 2.45) is 0 Å². The third kappa shape index (κ3) is 3.96. The van der Waals surface area contributed by atoms with Crippen molar-refractivity contribution < 1.29 is 9.53 Å². The number of nitrogens with zero attached hydrogens (tertiary/aromatic N) is 1. The van der Waals surface area contributed by atoms with Gasteiger partial charge in [-0.05, 0) is 33.9 Å². The van der Waals surface area contributed by atoms with Gasteiger partial charge in [0.1, 0.15) is 0 Å². The highest BCUT2D eigenvalue weighted by Crippen LogP contribution is 2.33. The molecular weight excluding hydrogens is 216 g/mol. The third-order valence-electron chi connectivity index (χ3n) is 3.96. The second-order valence-corrected chi connectivity index (χ2v) is 5.39. The van der Waals surface area contributed by atoms with Crippen molar-refractivity contribution in [2.45, 2.75) is 50.6 Å². The molecule has 0 heterocycles. The molecule has 0 amide bonds. The Morgan fingerprint density at radius 3 is 2.47 bits per heavy atom. The summed E-state index contributed by atoms with van der Waals surface area (Å²) in [4.78, 5) is 13.5. The molecule has 0 saturated heterocycles. The Balaban J connectivity index is 2.39. The molecule has 0 aliphatic heterocycles. The zero-order valence-corrected chi connectivity index (χ0v) is 11.6. The van der Waals surface area contributed by atoms with Gasteiger partial charge in [-0.15, -0.1) is 0 Å². The fourth-order valence-corrected chi connectivity index (χ4v) is 2.58. The van der Waals surface area contributed by atoms with E-state index in [9.17, 15) is 4.79 Å². The van der Waals surface area contributed by atoms with Crippen LogP contribution < -0.4 is 5.32 Å². The van der Waals surface area contributed by atoms with Crippen LogP contribution in [0.5, 0.6) is 0 Å². The molecule has 0 aromatic carbocycles. The van der Waals surface area contributed by atoms with E-state index in [1.807, 2.05) is 6.92 Å². The molecule has 1 N–H and O–H groups in total. The fraction of sp³-hybridized carbons (Fsp3) is 0.923. The number of hydrogen-bond acceptors (Lipinski definition) is 4. The summed E-state index contributed by atoms with van der Waals surface area (Å²) >= 11 is 0. The molecule has 0 radical (unpaired) electrons. The molecule has 4 nitrogen and oxygen atoms in total. The maximum absolute atomic E-state index is 11.2. The van der Waals surface area contributed by atoms with Gasteiger partial charge in [0.2, 0.25) is 0 Å². The van der Waals surface area contributed by atoms with Gasteiger partial charge < -0.3 is 15.0 Å². The van der Waals surface area contributed by atoms with Crippen LogP contribution in [-0.4, -0.2) is 50.2 Å². The lowest BCUT2D eigenvalue weighted by molar-refractivity contribution is -0.141. The highest BCUT2D eigenvalue weighted by molar-refractivity contribution is 5.69. The van der Waals surface area contributed by atoms with Crippen LogP contribution in [0.25, 0.3) is 0 Å². The summed E-state index contributed by atoms with van der Waals surface area (Å²) in [6.45, 7) is 2.99. The smallest absolute Gasteiger partial charge is 0.307 e. The van der Waals surface area contributed by atoms with E-state index in [4.69, 9.17) is 0 Å². The molecule has 1 fully saturated rings. The Morgan fingerprint density at radius 2 is 2.00 bits per heavy atom. The van der Waals surface area contributed by atoms with Crippen molar-refractivity contribution in [3.05, 3.63) is 0 Å². The normalized spacial score (nSPS) is 20.5. The zero-order chi connectivity index (χ0) is 12.9. The summed E-state index contributed by atoms with van der Waals surface area (Å²) in [5.41, 5.74) is 0.282. The van der Waals surface area contributed by atoms with Crippen LogP contribution in [0.1, 0.15) is 39.0 Å². The fourth-order valence-electron chi connectivity index (χ4n) is 2.58. The van der Waals surface area contributed by atoms with Crippen LogP contribution in [-0.2, 0) is 9.53 Å². The molecule has 0 aromatic rings. The first-order chi connectivity index (χ1) is 8.00. The van der Waals surface area contributed by atoms with Gasteiger partial charge in [-0.25, -0.2) is 0 Å². The average Bonchev–Trinajstić information content (AvgIpc) is 2.76. The highest BCUT2D eigenvalue weighted by atomic mass is 16.5. The molecule has 1 saturated carbocycles. The molecule has 1 atom stereocenters. The summed E-state index contributed by atoms with van der Waals surface area (Å²) in [6.07, 6.45) is 5.56. The van der Waals surface area contributed by atoms with E-state index >= 15 is 0 Å². The minimum absolute atomic E-state index is 0.143. The van der Waals surface area contributed by atoms with Crippen molar-refractivity contribution in [3.8, 4) is 0 Å². The Hall–Kier alpha value is -0.610. The number of methoxy groups -OCH3 is 1. The van der Waals surface area contributed by atoms with Crippen LogP contribution in [0, 0.1) is 0 Å². The van der Waals surface area contributed by atoms with Crippen LogP contribution >= 0.6 is 0 Å². The lowest BCUT2D eigenvalue weighted by Gasteiger charge is -2.37. The molecule has 0 spiro atoms. The molecular formula is C13H26N2O2. The van der Waals surface area contributed by atoms with Gasteiger partial charge in [-0.1, -0.05) is 12.8 Å². The first kappa shape index (κ1) is 14.5. The number of esters is 1. The number of ether oxygens (including phenoxy) is 1. The topological polar surface area (TPSA) is 41.6 Å². The van der Waals surface area contributed by atoms with E-state index in [-0.39, 0.29) is 17.6 Å². The molecule has 0 bridgehead atoms. The standard InChI is InChI=1S/C13H26N2O2/c1-11(9-12(16)17-4)14-10-13(15(2)3)7-5-6-8-13/h11,14H,5-10H2,1-4H3. The van der Waals surface area contributed by atoms with E-state index < -0.39 is 0 Å². The predicted octanol–water partition coefficient (Wildman–Crippen LogP) is 1.40. The Bertz CT molecular complexity index is 248. The van der Waals surface area contributed by atoms with Crippen molar-refractivity contribution in [2.75, 3.05) is 27.7 Å². The van der Waals surface area contributed by atoms with Crippen molar-refractivity contribution >= 4 is 5.97 Å². The number of nitrogens with one attached hydrogen (secondary N) is 1. The lowest BCUT2D eigenvalue weighted by Crippen LogP contribution is -2.51. The molecule has 1 aliphatic carbocycles. The average molecular weight is 242 g/mol. The summed E-state index contributed by atoms with van der Waals surface area (Å²) in [5.74, 6) is -0.143. The van der Waals surface area contributed by atoms with E-state index in [2.05, 4.69) is 29.0 Å². The Morgan fingerprint density at radius 1 is 1.41 bits per heavy atom. The number of carbonyl (C=O) groups excluding carboxylic acids is 1. The Labute approximate surface area is 105 Å². The monoisotopic (exact) mass is 242 g/mol. The minimum atomic E-state index is -0.143. The summed E-state index contributed by atoms with van der Waals surface area (Å²) in [6, 6.07) is 0.180. The quantitative estimate of drug-likeness (QED) is 0.715. The summed E-state index contributed by atoms with van der Waals surface area (Å²) in [5, 5.41) is 3.47. The molecule has 4 heteroatoms. The van der Waals surface area contributed by atoms with Crippen molar-refractivity contribution in [1.82, 2.24) is 10.2 Å². The second kappa shape index (κ2) is 6.36. The maximum atomic E-state index is 11.2. The minimum Gasteiger partial charge on any atom is -0.469 e. The maximum Gasteiger partial charge on any atom is 0.307 e. The van der Waals surface area contributed by atoms with Gasteiger partial charge in [0.25, 0.3) is 0 Å². The number of rotatable bonds is 6. The van der Waals surface area contributed by atoms with Gasteiger partial charge >= 0.3 is 5.97 Å². The van der Waals surface area contributed by atoms with Gasteiger partial charge in [0.05, 0.1) is 13.5 Å². The van der Waals surface area contributed by atoms with E-state index in [1.165, 1.54) is 32.8 Å². The highest BCUT2D eigenvalue weighted by Gasteiger charge is 2.35. The molecule has 0 aromatic heterocycles. The van der Waals surface area contributed by atoms with Crippen LogP contribution in [0.15, 0.2) is 0 Å². The molecule has 1 rings (SSSR count). The van der Waals surface area contributed by atoms with Gasteiger partial charge in [0, 0.05) is 18.1 Å². The Kier molecular flexibility index (Phi) is 5.40. The molecule has 17 heavy (non-hydrogen) atoms. The van der Waals surface area contributed by atoms with Crippen LogP contribution in [0.3, 0.4) is 0 Å².